The minimum absolute atomic E-state index is 0. The predicted octanol–water partition coefficient (Wildman–Crippen LogP) is -3.37. The Balaban J connectivity index is -0.000000245. The van der Waals surface area contributed by atoms with Crippen LogP contribution in [0.2, 0.25) is 0 Å². The van der Waals surface area contributed by atoms with Crippen LogP contribution in [-0.4, -0.2) is 12.1 Å². The molecule has 0 fully saturated rings. The van der Waals surface area contributed by atoms with E-state index in [4.69, 9.17) is 11.8 Å². The SMILES string of the molecule is NC(=O)NC(=O)NCl.[H-].[Na+]. The van der Waals surface area contributed by atoms with Gasteiger partial charge in [0.05, 0.1) is 0 Å². The Morgan fingerprint density at radius 3 is 2.11 bits per heavy atom. The van der Waals surface area contributed by atoms with Crippen molar-refractivity contribution in [3.63, 3.8) is 0 Å². The Bertz CT molecular complexity index is 123. The molecule has 0 aliphatic rings. The number of nitrogens with one attached hydrogen (secondary N) is 2. The summed E-state index contributed by atoms with van der Waals surface area (Å²) in [6.07, 6.45) is 0. The van der Waals surface area contributed by atoms with Crippen LogP contribution in [0.3, 0.4) is 0 Å². The average molecular weight is 162 g/mol. The number of hydrogen-bond acceptors (Lipinski definition) is 2. The molecule has 0 aromatic carbocycles. The maximum absolute atomic E-state index is 9.97. The number of imide groups is 1. The van der Waals surface area contributed by atoms with Crippen molar-refractivity contribution in [3.8, 4) is 0 Å². The number of urea groups is 2. The molecule has 0 radical (unpaired) electrons. The summed E-state index contributed by atoms with van der Waals surface area (Å²) >= 11 is 4.73. The van der Waals surface area contributed by atoms with E-state index in [-0.39, 0.29) is 31.0 Å². The second-order valence-electron chi connectivity index (χ2n) is 0.913. The van der Waals surface area contributed by atoms with Crippen molar-refractivity contribution in [1.29, 1.82) is 0 Å². The quantitative estimate of drug-likeness (QED) is 0.256. The number of carbonyl (C=O) groups is 2. The maximum Gasteiger partial charge on any atom is 1.00 e. The maximum atomic E-state index is 9.97. The van der Waals surface area contributed by atoms with Crippen molar-refractivity contribution in [2.45, 2.75) is 0 Å². The Hall–Kier alpha value is 0.0300. The molecule has 0 aromatic rings. The van der Waals surface area contributed by atoms with Crippen LogP contribution < -0.4 is 45.4 Å². The summed E-state index contributed by atoms with van der Waals surface area (Å²) in [5.41, 5.74) is 4.50. The van der Waals surface area contributed by atoms with E-state index in [2.05, 4.69) is 5.73 Å². The molecule has 5 nitrogen and oxygen atoms in total. The Kier molecular flexibility index (Phi) is 8.06. The minimum atomic E-state index is -0.942. The molecule has 0 saturated carbocycles. The molecular weight excluding hydrogens is 156 g/mol. The summed E-state index contributed by atoms with van der Waals surface area (Å²) in [5, 5.41) is 1.65. The van der Waals surface area contributed by atoms with Gasteiger partial charge in [0.1, 0.15) is 0 Å². The molecule has 0 unspecified atom stereocenters. The zero-order valence-corrected chi connectivity index (χ0v) is 7.53. The summed E-state index contributed by atoms with van der Waals surface area (Å²) in [4.78, 5) is 21.3. The molecule has 0 atom stereocenters. The summed E-state index contributed by atoms with van der Waals surface area (Å²) in [5.74, 6) is 0. The molecule has 48 valence electrons. The zero-order chi connectivity index (χ0) is 6.57. The second kappa shape index (κ2) is 6.15. The number of halogens is 1. The standard InChI is InChI=1S/C2H4ClN3O2.Na.H/c3-6-2(8)5-1(4)7;;/h(H4,4,5,6,7,8);;/q;+1;-1. The fraction of sp³-hybridized carbons (Fsp3) is 0. The molecule has 0 aromatic heterocycles. The zero-order valence-electron chi connectivity index (χ0n) is 5.77. The van der Waals surface area contributed by atoms with Gasteiger partial charge < -0.3 is 7.16 Å². The molecule has 4 amide bonds. The van der Waals surface area contributed by atoms with Gasteiger partial charge in [0, 0.05) is 11.8 Å². The fourth-order valence-corrected chi connectivity index (χ4v) is 0.183. The topological polar surface area (TPSA) is 84.2 Å². The van der Waals surface area contributed by atoms with E-state index in [1.165, 1.54) is 0 Å². The third kappa shape index (κ3) is 8.03. The van der Waals surface area contributed by atoms with Crippen molar-refractivity contribution in [2.75, 3.05) is 0 Å². The van der Waals surface area contributed by atoms with Gasteiger partial charge in [0.25, 0.3) is 0 Å². The van der Waals surface area contributed by atoms with E-state index in [1.807, 2.05) is 0 Å². The van der Waals surface area contributed by atoms with Gasteiger partial charge in [0.2, 0.25) is 0 Å². The van der Waals surface area contributed by atoms with Crippen LogP contribution in [0, 0.1) is 0 Å². The third-order valence-corrected chi connectivity index (χ3v) is 0.494. The largest absolute Gasteiger partial charge is 1.00 e. The summed E-state index contributed by atoms with van der Waals surface area (Å²) in [6, 6.07) is -1.78. The van der Waals surface area contributed by atoms with Crippen molar-refractivity contribution in [3.05, 3.63) is 0 Å². The fourth-order valence-electron chi connectivity index (χ4n) is 0.136. The van der Waals surface area contributed by atoms with Gasteiger partial charge in [-0.3, -0.25) is 5.32 Å². The number of hydrogen-bond donors (Lipinski definition) is 3. The molecule has 0 spiro atoms. The van der Waals surface area contributed by atoms with Crippen molar-refractivity contribution in [2.24, 2.45) is 5.73 Å². The first-order valence-corrected chi connectivity index (χ1v) is 2.01. The van der Waals surface area contributed by atoms with Crippen molar-refractivity contribution < 1.29 is 40.6 Å². The summed E-state index contributed by atoms with van der Waals surface area (Å²) in [6.45, 7) is 0. The van der Waals surface area contributed by atoms with E-state index in [1.54, 1.807) is 10.2 Å². The molecule has 0 aliphatic heterocycles. The number of amides is 4. The van der Waals surface area contributed by atoms with Gasteiger partial charge >= 0.3 is 41.6 Å². The summed E-state index contributed by atoms with van der Waals surface area (Å²) in [7, 11) is 0. The van der Waals surface area contributed by atoms with Gasteiger partial charge in [-0.2, -0.15) is 0 Å². The van der Waals surface area contributed by atoms with Crippen LogP contribution in [0.1, 0.15) is 1.43 Å². The smallest absolute Gasteiger partial charge is 1.00 e. The molecule has 9 heavy (non-hydrogen) atoms. The number of carbonyl (C=O) groups excluding carboxylic acids is 2. The minimum Gasteiger partial charge on any atom is -1.00 e. The van der Waals surface area contributed by atoms with E-state index in [0.29, 0.717) is 0 Å². The summed E-state index contributed by atoms with van der Waals surface area (Å²) < 4.78 is 0. The first-order chi connectivity index (χ1) is 3.66. The van der Waals surface area contributed by atoms with Crippen LogP contribution in [-0.2, 0) is 0 Å². The van der Waals surface area contributed by atoms with Crippen LogP contribution in [0.15, 0.2) is 0 Å². The van der Waals surface area contributed by atoms with Crippen LogP contribution in [0.25, 0.3) is 0 Å². The van der Waals surface area contributed by atoms with E-state index in [9.17, 15) is 9.59 Å². The third-order valence-electron chi connectivity index (χ3n) is 0.323. The van der Waals surface area contributed by atoms with Crippen LogP contribution >= 0.6 is 11.8 Å². The molecule has 0 aliphatic carbocycles. The molecule has 0 rings (SSSR count). The first kappa shape index (κ1) is 11.8. The Labute approximate surface area is 80.2 Å². The van der Waals surface area contributed by atoms with Crippen LogP contribution in [0.4, 0.5) is 9.59 Å². The van der Waals surface area contributed by atoms with Crippen molar-refractivity contribution >= 4 is 23.8 Å². The molecule has 0 bridgehead atoms. The second-order valence-corrected chi connectivity index (χ2v) is 1.10. The normalized spacial score (nSPS) is 6.78. The predicted molar refractivity (Wildman–Crippen MR) is 28.2 cm³/mol. The van der Waals surface area contributed by atoms with E-state index in [0.717, 1.165) is 0 Å². The van der Waals surface area contributed by atoms with Gasteiger partial charge in [-0.05, 0) is 0 Å². The Morgan fingerprint density at radius 2 is 2.00 bits per heavy atom. The monoisotopic (exact) mass is 161 g/mol. The molecule has 0 heterocycles. The molecule has 0 saturated heterocycles. The average Bonchev–Trinajstić information content (AvgIpc) is 1.65. The van der Waals surface area contributed by atoms with E-state index >= 15 is 0 Å². The van der Waals surface area contributed by atoms with Gasteiger partial charge in [0.15, 0.2) is 0 Å². The van der Waals surface area contributed by atoms with Gasteiger partial charge in [-0.15, -0.1) is 0 Å². The molecule has 4 N–H and O–H groups in total. The van der Waals surface area contributed by atoms with Gasteiger partial charge in [-0.1, -0.05) is 0 Å². The molecule has 7 heteroatoms. The van der Waals surface area contributed by atoms with Gasteiger partial charge in [-0.25, -0.2) is 14.4 Å². The Morgan fingerprint density at radius 1 is 1.56 bits per heavy atom. The first-order valence-electron chi connectivity index (χ1n) is 1.64. The van der Waals surface area contributed by atoms with E-state index < -0.39 is 12.1 Å². The number of nitrogens with two attached hydrogens (primary N) is 1. The number of rotatable bonds is 0. The van der Waals surface area contributed by atoms with Crippen LogP contribution in [0.5, 0.6) is 0 Å². The molecular formula is C2H5ClN3NaO2. The number of primary amides is 1. The van der Waals surface area contributed by atoms with Crippen molar-refractivity contribution in [1.82, 2.24) is 10.2 Å².